The van der Waals surface area contributed by atoms with Gasteiger partial charge in [-0.05, 0) is 0 Å². The average Bonchev–Trinajstić information content (AvgIpc) is 2.63. The Morgan fingerprint density at radius 2 is 0.564 bits per heavy atom. The van der Waals surface area contributed by atoms with Gasteiger partial charge in [0, 0.05) is 0 Å². The van der Waals surface area contributed by atoms with Crippen LogP contribution in [0.3, 0.4) is 0 Å². The van der Waals surface area contributed by atoms with E-state index in [1.54, 1.807) is 0 Å². The van der Waals surface area contributed by atoms with Crippen molar-refractivity contribution in [1.29, 1.82) is 0 Å². The first-order valence-corrected chi connectivity index (χ1v) is 7.63. The van der Waals surface area contributed by atoms with Crippen LogP contribution in [0.4, 0.5) is 105 Å². The van der Waals surface area contributed by atoms with E-state index in [0.717, 1.165) is 0 Å². The quantitative estimate of drug-likeness (QED) is 0.127. The van der Waals surface area contributed by atoms with Crippen molar-refractivity contribution in [3.8, 4) is 0 Å². The Balaban J connectivity index is 0. The van der Waals surface area contributed by atoms with Crippen LogP contribution < -0.4 is 24.0 Å². The lowest BCUT2D eigenvalue weighted by Crippen LogP contribution is -3.00. The highest BCUT2D eigenvalue weighted by atomic mass is 127. The zero-order valence-electron chi connectivity index (χ0n) is 16.3. The summed E-state index contributed by atoms with van der Waals surface area (Å²) in [6.07, 6.45) is -25.1. The van der Waals surface area contributed by atoms with E-state index in [9.17, 15) is 105 Å². The average molecular weight is 763 g/mol. The van der Waals surface area contributed by atoms with Crippen LogP contribution in [-0.4, -0.2) is 81.1 Å². The highest BCUT2D eigenvalue weighted by molar-refractivity contribution is 5.21. The van der Waals surface area contributed by atoms with Gasteiger partial charge in [0.05, 0.1) is 0 Å². The lowest BCUT2D eigenvalue weighted by atomic mass is 9.79. The van der Waals surface area contributed by atoms with Gasteiger partial charge in [0.15, 0.2) is 0 Å². The number of nitrogens with zero attached hydrogens (tertiary/aromatic N) is 1. The third-order valence-corrected chi connectivity index (χ3v) is 4.31. The molecule has 0 aromatic rings. The first kappa shape index (κ1) is 40.1. The van der Waals surface area contributed by atoms with Crippen molar-refractivity contribution in [1.82, 2.24) is 0 Å². The van der Waals surface area contributed by atoms with Gasteiger partial charge in [-0.1, -0.05) is 0 Å². The summed E-state index contributed by atoms with van der Waals surface area (Å²) in [6, 6.07) is -9.41. The molecule has 0 fully saturated rings. The second-order valence-corrected chi connectivity index (χ2v) is 6.71. The topological polar surface area (TPSA) is 40.5 Å². The molecular formula is C11H2F24INO2. The summed E-state index contributed by atoms with van der Waals surface area (Å²) in [5, 5.41) is 16.1. The lowest BCUT2D eigenvalue weighted by molar-refractivity contribution is -1.35. The second-order valence-electron chi connectivity index (χ2n) is 6.71. The fourth-order valence-corrected chi connectivity index (χ4v) is 2.13. The van der Waals surface area contributed by atoms with Crippen LogP contribution in [0.25, 0.3) is 0 Å². The smallest absolute Gasteiger partial charge is 0.630 e. The number of rotatable bonds is 8. The van der Waals surface area contributed by atoms with Crippen molar-refractivity contribution in [2.75, 3.05) is 0 Å². The zero-order valence-corrected chi connectivity index (χ0v) is 18.4. The summed E-state index contributed by atoms with van der Waals surface area (Å²) < 4.78 is 312. The molecule has 0 spiro atoms. The summed E-state index contributed by atoms with van der Waals surface area (Å²) >= 11 is 0. The molecule has 1 unspecified atom stereocenters. The van der Waals surface area contributed by atoms with E-state index in [2.05, 4.69) is 0 Å². The van der Waals surface area contributed by atoms with Crippen molar-refractivity contribution in [3.05, 3.63) is 0 Å². The first-order chi connectivity index (χ1) is 15.8. The van der Waals surface area contributed by atoms with Crippen molar-refractivity contribution in [2.24, 2.45) is 0 Å². The number of alkyl halides is 24. The molecule has 0 heterocycles. The van der Waals surface area contributed by atoms with Gasteiger partial charge >= 0.3 is 65.9 Å². The molecule has 0 rings (SSSR count). The van der Waals surface area contributed by atoms with Crippen LogP contribution in [0.2, 0.25) is 0 Å². The molecule has 0 bridgehead atoms. The Morgan fingerprint density at radius 1 is 0.333 bits per heavy atom. The molecule has 0 aliphatic rings. The molecule has 3 nitrogen and oxygen atoms in total. The Bertz CT molecular complexity index is 884. The van der Waals surface area contributed by atoms with Gasteiger partial charge in [-0.25, -0.2) is 4.39 Å². The maximum absolute atomic E-state index is 14.3. The molecule has 0 saturated carbocycles. The van der Waals surface area contributed by atoms with Gasteiger partial charge in [-0.2, -0.15) is 89.4 Å². The molecule has 0 saturated heterocycles. The summed E-state index contributed by atoms with van der Waals surface area (Å²) in [5.74, 6) is -56.8. The highest BCUT2D eigenvalue weighted by Gasteiger charge is 3.04. The predicted molar refractivity (Wildman–Crippen MR) is 60.5 cm³/mol. The summed E-state index contributed by atoms with van der Waals surface area (Å²) in [6.45, 7) is 0. The minimum atomic E-state index is -10.0. The third-order valence-electron chi connectivity index (χ3n) is 4.31. The molecule has 0 aromatic carbocycles. The lowest BCUT2D eigenvalue weighted by Gasteiger charge is -2.48. The fourth-order valence-electron chi connectivity index (χ4n) is 2.13. The first-order valence-electron chi connectivity index (χ1n) is 7.63. The Labute approximate surface area is 211 Å². The van der Waals surface area contributed by atoms with Crippen molar-refractivity contribution in [3.63, 3.8) is 0 Å². The molecule has 0 aliphatic heterocycles. The van der Waals surface area contributed by atoms with Crippen LogP contribution >= 0.6 is 0 Å². The second kappa shape index (κ2) is 9.48. The molecule has 0 aromatic heterocycles. The van der Waals surface area contributed by atoms with Gasteiger partial charge < -0.3 is 24.0 Å². The van der Waals surface area contributed by atoms with Crippen molar-refractivity contribution >= 4 is 0 Å². The fraction of sp³-hybridized carbons (Fsp3) is 1.00. The standard InChI is InChI=1S/C11H2F24NO2.HI/c12-1(3(15,16)8(25,26)27,10(31,32)36(37,38)11(33,34)35)2(13,14)4(17,18)5(19,20)6(21,22)7(23,24)9(28,29)30;/h37-38H;1H/q+1;/p-1. The number of hydroxylamine groups is 4. The van der Waals surface area contributed by atoms with Crippen molar-refractivity contribution < 1.29 is 145 Å². The van der Waals surface area contributed by atoms with E-state index in [-0.39, 0.29) is 24.0 Å². The van der Waals surface area contributed by atoms with Gasteiger partial charge in [0.25, 0.3) is 0 Å². The Kier molecular flexibility index (Phi) is 9.74. The Hall–Kier alpha value is -1.07. The van der Waals surface area contributed by atoms with E-state index in [4.69, 9.17) is 10.4 Å². The van der Waals surface area contributed by atoms with E-state index in [0.29, 0.717) is 0 Å². The molecule has 0 aliphatic carbocycles. The van der Waals surface area contributed by atoms with Crippen molar-refractivity contribution in [2.45, 2.75) is 65.9 Å². The van der Waals surface area contributed by atoms with Crippen LogP contribution in [0.5, 0.6) is 0 Å². The molecular weight excluding hydrogens is 761 g/mol. The minimum absolute atomic E-state index is 0. The summed E-state index contributed by atoms with van der Waals surface area (Å²) in [7, 11) is 0. The SMILES string of the molecule is O[N+](O)(C(F)(F)F)C(F)(F)C(F)(C(F)(F)C(F)(F)F)C(F)(F)C(F)(F)C(F)(F)C(F)(F)C(F)(F)C(F)(F)F.[I-]. The number of quaternary nitrogens is 1. The normalized spacial score (nSPS) is 18.0. The molecule has 2 N–H and O–H groups in total. The van der Waals surface area contributed by atoms with Gasteiger partial charge in [0.1, 0.15) is 4.81 Å². The maximum atomic E-state index is 14.3. The van der Waals surface area contributed by atoms with Gasteiger partial charge in [0.2, 0.25) is 0 Å². The highest BCUT2D eigenvalue weighted by Crippen LogP contribution is 2.69. The summed E-state index contributed by atoms with van der Waals surface area (Å²) in [4.78, 5) is -7.31. The number of halogens is 25. The molecule has 0 amide bonds. The van der Waals surface area contributed by atoms with E-state index in [1.165, 1.54) is 0 Å². The largest absolute Gasteiger partial charge is 1.00 e. The monoisotopic (exact) mass is 763 g/mol. The van der Waals surface area contributed by atoms with Crippen LogP contribution in [0.15, 0.2) is 0 Å². The van der Waals surface area contributed by atoms with Crippen LogP contribution in [-0.2, 0) is 0 Å². The molecule has 238 valence electrons. The number of hydrogen-bond acceptors (Lipinski definition) is 2. The van der Waals surface area contributed by atoms with E-state index >= 15 is 0 Å². The van der Waals surface area contributed by atoms with Crippen LogP contribution in [0, 0.1) is 0 Å². The minimum Gasteiger partial charge on any atom is -1.00 e. The molecule has 39 heavy (non-hydrogen) atoms. The molecule has 0 radical (unpaired) electrons. The predicted octanol–water partition coefficient (Wildman–Crippen LogP) is 4.34. The number of hydrogen-bond donors (Lipinski definition) is 2. The third kappa shape index (κ3) is 4.70. The molecule has 28 heteroatoms. The van der Waals surface area contributed by atoms with E-state index < -0.39 is 70.7 Å². The zero-order chi connectivity index (χ0) is 32.0. The van der Waals surface area contributed by atoms with Gasteiger partial charge in [-0.15, -0.1) is 22.0 Å². The maximum Gasteiger partial charge on any atom is 0.630 e. The molecule has 1 atom stereocenters. The van der Waals surface area contributed by atoms with Gasteiger partial charge in [-0.3, -0.25) is 0 Å². The van der Waals surface area contributed by atoms with Crippen LogP contribution in [0.1, 0.15) is 0 Å². The van der Waals surface area contributed by atoms with E-state index in [1.807, 2.05) is 0 Å². The summed E-state index contributed by atoms with van der Waals surface area (Å²) in [5.41, 5.74) is -9.99. The Morgan fingerprint density at radius 3 is 0.795 bits per heavy atom.